The van der Waals surface area contributed by atoms with E-state index in [0.717, 1.165) is 23.6 Å². The number of methoxy groups -OCH3 is 1. The Morgan fingerprint density at radius 1 is 1.03 bits per heavy atom. The Hall–Kier alpha value is -3.81. The van der Waals surface area contributed by atoms with Crippen LogP contribution < -0.4 is 10.1 Å². The lowest BCUT2D eigenvalue weighted by atomic mass is 9.91. The minimum Gasteiger partial charge on any atom is -0.497 e. The van der Waals surface area contributed by atoms with E-state index in [1.807, 2.05) is 67.9 Å². The molecule has 1 N–H and O–H groups in total. The van der Waals surface area contributed by atoms with Gasteiger partial charge in [0, 0.05) is 25.6 Å². The van der Waals surface area contributed by atoms with E-state index in [1.165, 1.54) is 5.56 Å². The van der Waals surface area contributed by atoms with Gasteiger partial charge in [-0.3, -0.25) is 4.79 Å². The summed E-state index contributed by atoms with van der Waals surface area (Å²) >= 11 is 0. The predicted molar refractivity (Wildman–Crippen MR) is 142 cm³/mol. The maximum Gasteiger partial charge on any atom is 0.410 e. The van der Waals surface area contributed by atoms with Gasteiger partial charge >= 0.3 is 6.09 Å². The molecule has 0 atom stereocenters. The molecule has 1 saturated heterocycles. The molecule has 8 nitrogen and oxygen atoms in total. The fraction of sp³-hybridized carbons (Fsp3) is 0.414. The van der Waals surface area contributed by atoms with Gasteiger partial charge in [-0.25, -0.2) is 9.48 Å². The van der Waals surface area contributed by atoms with Gasteiger partial charge in [0.25, 0.3) is 5.91 Å². The number of hydrogen-bond acceptors (Lipinski definition) is 5. The maximum atomic E-state index is 13.3. The number of aromatic nitrogens is 2. The molecule has 0 aliphatic carbocycles. The summed E-state index contributed by atoms with van der Waals surface area (Å²) in [6.07, 6.45) is 3.53. The number of likely N-dealkylation sites (tertiary alicyclic amines) is 1. The van der Waals surface area contributed by atoms with Crippen molar-refractivity contribution in [1.82, 2.24) is 20.0 Å². The van der Waals surface area contributed by atoms with E-state index in [-0.39, 0.29) is 17.9 Å². The van der Waals surface area contributed by atoms with Crippen molar-refractivity contribution >= 4 is 12.0 Å². The Morgan fingerprint density at radius 2 is 1.70 bits per heavy atom. The van der Waals surface area contributed by atoms with Crippen LogP contribution in [-0.4, -0.2) is 59.0 Å². The highest BCUT2D eigenvalue weighted by Gasteiger charge is 2.32. The number of hydrogen-bond donors (Lipinski definition) is 1. The number of carbonyl (C=O) groups is 2. The van der Waals surface area contributed by atoms with Gasteiger partial charge in [-0.05, 0) is 69.9 Å². The van der Waals surface area contributed by atoms with Crippen LogP contribution in [0.15, 0.2) is 60.8 Å². The van der Waals surface area contributed by atoms with Gasteiger partial charge in [-0.2, -0.15) is 5.10 Å². The molecule has 1 aliphatic rings. The average Bonchev–Trinajstić information content (AvgIpc) is 3.34. The smallest absolute Gasteiger partial charge is 0.410 e. The summed E-state index contributed by atoms with van der Waals surface area (Å²) < 4.78 is 12.7. The summed E-state index contributed by atoms with van der Waals surface area (Å²) in [5.74, 6) is 0.681. The molecule has 0 unspecified atom stereocenters. The molecule has 0 spiro atoms. The lowest BCUT2D eigenvalue weighted by Crippen LogP contribution is -2.41. The third-order valence-corrected chi connectivity index (χ3v) is 6.44. The summed E-state index contributed by atoms with van der Waals surface area (Å²) in [5, 5.41) is 7.68. The van der Waals surface area contributed by atoms with Crippen molar-refractivity contribution in [1.29, 1.82) is 0 Å². The van der Waals surface area contributed by atoms with Crippen LogP contribution in [0.5, 0.6) is 5.75 Å². The second-order valence-corrected chi connectivity index (χ2v) is 10.3. The highest BCUT2D eigenvalue weighted by Crippen LogP contribution is 2.33. The second-order valence-electron chi connectivity index (χ2n) is 10.3. The summed E-state index contributed by atoms with van der Waals surface area (Å²) in [6.45, 7) is 7.26. The van der Waals surface area contributed by atoms with Crippen molar-refractivity contribution in [3.05, 3.63) is 77.6 Å². The van der Waals surface area contributed by atoms with E-state index in [2.05, 4.69) is 22.5 Å². The van der Waals surface area contributed by atoms with Crippen LogP contribution in [-0.2, 0) is 11.2 Å². The lowest BCUT2D eigenvalue weighted by molar-refractivity contribution is 0.0203. The molecule has 37 heavy (non-hydrogen) atoms. The van der Waals surface area contributed by atoms with Gasteiger partial charge in [0.1, 0.15) is 11.4 Å². The summed E-state index contributed by atoms with van der Waals surface area (Å²) in [6, 6.07) is 17.7. The molecule has 2 aromatic carbocycles. The highest BCUT2D eigenvalue weighted by molar-refractivity contribution is 5.95. The van der Waals surface area contributed by atoms with Crippen molar-refractivity contribution in [2.24, 2.45) is 0 Å². The minimum absolute atomic E-state index is 0.0677. The van der Waals surface area contributed by atoms with Crippen LogP contribution in [0.4, 0.5) is 4.79 Å². The van der Waals surface area contributed by atoms with Crippen LogP contribution >= 0.6 is 0 Å². The Balaban J connectivity index is 1.53. The van der Waals surface area contributed by atoms with E-state index in [9.17, 15) is 9.59 Å². The van der Waals surface area contributed by atoms with Gasteiger partial charge in [0.15, 0.2) is 0 Å². The van der Waals surface area contributed by atoms with E-state index in [0.29, 0.717) is 38.0 Å². The lowest BCUT2D eigenvalue weighted by Gasteiger charge is -2.34. The zero-order valence-corrected chi connectivity index (χ0v) is 22.1. The van der Waals surface area contributed by atoms with E-state index >= 15 is 0 Å². The van der Waals surface area contributed by atoms with Crippen LogP contribution in [0.3, 0.4) is 0 Å². The van der Waals surface area contributed by atoms with Crippen molar-refractivity contribution in [3.8, 4) is 11.4 Å². The Morgan fingerprint density at radius 3 is 2.32 bits per heavy atom. The zero-order chi connectivity index (χ0) is 26.4. The molecule has 0 saturated carbocycles. The van der Waals surface area contributed by atoms with Crippen LogP contribution in [0.2, 0.25) is 0 Å². The van der Waals surface area contributed by atoms with Gasteiger partial charge in [0.2, 0.25) is 0 Å². The zero-order valence-electron chi connectivity index (χ0n) is 22.1. The molecule has 1 aromatic heterocycles. The van der Waals surface area contributed by atoms with Crippen molar-refractivity contribution in [2.75, 3.05) is 26.7 Å². The van der Waals surface area contributed by atoms with Gasteiger partial charge in [-0.15, -0.1) is 0 Å². The molecule has 2 heterocycles. The first kappa shape index (κ1) is 26.3. The fourth-order valence-corrected chi connectivity index (χ4v) is 4.58. The number of piperidine rings is 1. The number of rotatable bonds is 7. The standard InChI is InChI=1S/C29H36N4O4/c1-29(2,3)37-28(35)32-18-15-22(16-19-32)26-25(27(34)30-17-14-21-8-6-5-7-9-21)20-31-33(26)23-10-12-24(36-4)13-11-23/h5-13,20,22H,14-19H2,1-4H3,(H,30,34). The Labute approximate surface area is 218 Å². The molecule has 0 bridgehead atoms. The molecular weight excluding hydrogens is 468 g/mol. The van der Waals surface area contributed by atoms with E-state index in [4.69, 9.17) is 9.47 Å². The third kappa shape index (κ3) is 6.70. The average molecular weight is 505 g/mol. The van der Waals surface area contributed by atoms with Crippen molar-refractivity contribution in [3.63, 3.8) is 0 Å². The molecule has 1 fully saturated rings. The van der Waals surface area contributed by atoms with Gasteiger partial charge < -0.3 is 19.7 Å². The molecule has 3 aromatic rings. The Bertz CT molecular complexity index is 1190. The van der Waals surface area contributed by atoms with E-state index in [1.54, 1.807) is 18.2 Å². The topological polar surface area (TPSA) is 85.7 Å². The van der Waals surface area contributed by atoms with E-state index < -0.39 is 5.60 Å². The molecule has 1 aliphatic heterocycles. The van der Waals surface area contributed by atoms with Gasteiger partial charge in [-0.1, -0.05) is 30.3 Å². The first-order chi connectivity index (χ1) is 17.7. The number of amides is 2. The monoisotopic (exact) mass is 504 g/mol. The van der Waals surface area contributed by atoms with Crippen LogP contribution in [0, 0.1) is 0 Å². The summed E-state index contributed by atoms with van der Waals surface area (Å²) in [7, 11) is 1.63. The number of nitrogens with one attached hydrogen (secondary N) is 1. The molecule has 196 valence electrons. The largest absolute Gasteiger partial charge is 0.497 e. The van der Waals surface area contributed by atoms with Crippen LogP contribution in [0.1, 0.15) is 61.1 Å². The quantitative estimate of drug-likeness (QED) is 0.491. The third-order valence-electron chi connectivity index (χ3n) is 6.44. The molecule has 4 rings (SSSR count). The highest BCUT2D eigenvalue weighted by atomic mass is 16.6. The normalized spacial score (nSPS) is 14.3. The van der Waals surface area contributed by atoms with Gasteiger partial charge in [0.05, 0.1) is 30.3 Å². The van der Waals surface area contributed by atoms with Crippen LogP contribution in [0.25, 0.3) is 5.69 Å². The first-order valence-electron chi connectivity index (χ1n) is 12.8. The number of carbonyl (C=O) groups excluding carboxylic acids is 2. The first-order valence-corrected chi connectivity index (χ1v) is 12.8. The number of nitrogens with zero attached hydrogens (tertiary/aromatic N) is 3. The summed E-state index contributed by atoms with van der Waals surface area (Å²) in [5.41, 5.74) is 2.93. The molecular formula is C29H36N4O4. The molecule has 0 radical (unpaired) electrons. The Kier molecular flexibility index (Phi) is 8.16. The summed E-state index contributed by atoms with van der Waals surface area (Å²) in [4.78, 5) is 27.6. The predicted octanol–water partition coefficient (Wildman–Crippen LogP) is 4.97. The fourth-order valence-electron chi connectivity index (χ4n) is 4.58. The maximum absolute atomic E-state index is 13.3. The molecule has 2 amide bonds. The van der Waals surface area contributed by atoms with Crippen molar-refractivity contribution in [2.45, 2.75) is 51.6 Å². The molecule has 8 heteroatoms. The number of benzene rings is 2. The SMILES string of the molecule is COc1ccc(-n2ncc(C(=O)NCCc3ccccc3)c2C2CCN(C(=O)OC(C)(C)C)CC2)cc1. The second kappa shape index (κ2) is 11.5. The number of ether oxygens (including phenoxy) is 2. The van der Waals surface area contributed by atoms with Crippen molar-refractivity contribution < 1.29 is 19.1 Å². The minimum atomic E-state index is -0.536.